The van der Waals surface area contributed by atoms with E-state index < -0.39 is 0 Å². The molecule has 35 heavy (non-hydrogen) atoms. The molecule has 0 aliphatic carbocycles. The van der Waals surface area contributed by atoms with Gasteiger partial charge in [-0.3, -0.25) is 9.59 Å². The van der Waals surface area contributed by atoms with E-state index in [4.69, 9.17) is 16.3 Å². The van der Waals surface area contributed by atoms with Crippen LogP contribution in [-0.2, 0) is 11.2 Å². The van der Waals surface area contributed by atoms with Gasteiger partial charge in [0.15, 0.2) is 6.61 Å². The van der Waals surface area contributed by atoms with Gasteiger partial charge in [0.2, 0.25) is 0 Å². The molecule has 2 heterocycles. The smallest absolute Gasteiger partial charge is 0.264 e. The third-order valence-electron chi connectivity index (χ3n) is 5.93. The molecule has 1 aliphatic rings. The summed E-state index contributed by atoms with van der Waals surface area (Å²) in [4.78, 5) is 28.5. The van der Waals surface area contributed by atoms with Gasteiger partial charge in [-0.1, -0.05) is 60.1 Å². The number of hydrogen-bond acceptors (Lipinski definition) is 4. The number of halogens is 1. The number of carbonyl (C=O) groups is 2. The van der Waals surface area contributed by atoms with E-state index in [0.717, 1.165) is 22.4 Å². The van der Waals surface area contributed by atoms with Crippen molar-refractivity contribution in [3.63, 3.8) is 0 Å². The van der Waals surface area contributed by atoms with Crippen LogP contribution in [0.4, 0.5) is 5.69 Å². The Morgan fingerprint density at radius 1 is 1.00 bits per heavy atom. The van der Waals surface area contributed by atoms with E-state index in [-0.39, 0.29) is 24.5 Å². The fourth-order valence-corrected chi connectivity index (χ4v) is 5.22. The van der Waals surface area contributed by atoms with Gasteiger partial charge in [0.1, 0.15) is 5.75 Å². The van der Waals surface area contributed by atoms with Gasteiger partial charge in [0.25, 0.3) is 11.8 Å². The highest BCUT2D eigenvalue weighted by molar-refractivity contribution is 7.12. The van der Waals surface area contributed by atoms with Crippen molar-refractivity contribution in [2.75, 3.05) is 18.5 Å². The normalized spacial score (nSPS) is 14.8. The van der Waals surface area contributed by atoms with Crippen LogP contribution in [0, 0.1) is 0 Å². The lowest BCUT2D eigenvalue weighted by Crippen LogP contribution is -2.40. The molecule has 2 amide bonds. The molecular weight excluding hydrogens is 480 g/mol. The molecule has 1 N–H and O–H groups in total. The molecule has 1 aromatic heterocycles. The summed E-state index contributed by atoms with van der Waals surface area (Å²) in [5, 5.41) is 5.26. The minimum atomic E-state index is -0.279. The molecule has 4 aromatic rings. The van der Waals surface area contributed by atoms with Crippen molar-refractivity contribution >= 4 is 40.4 Å². The first kappa shape index (κ1) is 23.1. The molecule has 0 spiro atoms. The van der Waals surface area contributed by atoms with E-state index in [1.807, 2.05) is 70.9 Å². The Morgan fingerprint density at radius 2 is 1.86 bits per heavy atom. The molecule has 5 nitrogen and oxygen atoms in total. The zero-order chi connectivity index (χ0) is 24.2. The Labute approximate surface area is 212 Å². The first-order chi connectivity index (χ1) is 17.1. The Kier molecular flexibility index (Phi) is 6.84. The molecule has 1 unspecified atom stereocenters. The maximum atomic E-state index is 13.4. The monoisotopic (exact) mass is 502 g/mol. The zero-order valence-corrected chi connectivity index (χ0v) is 20.4. The van der Waals surface area contributed by atoms with Gasteiger partial charge in [0.05, 0.1) is 10.9 Å². The third kappa shape index (κ3) is 5.24. The van der Waals surface area contributed by atoms with Gasteiger partial charge in [0, 0.05) is 17.3 Å². The Morgan fingerprint density at radius 3 is 2.63 bits per heavy atom. The van der Waals surface area contributed by atoms with E-state index in [2.05, 4.69) is 5.32 Å². The predicted molar refractivity (Wildman–Crippen MR) is 139 cm³/mol. The van der Waals surface area contributed by atoms with E-state index in [9.17, 15) is 9.59 Å². The van der Waals surface area contributed by atoms with Crippen molar-refractivity contribution < 1.29 is 14.3 Å². The fourth-order valence-electron chi connectivity index (χ4n) is 4.35. The number of carbonyl (C=O) groups excluding carboxylic acids is 2. The lowest BCUT2D eigenvalue weighted by molar-refractivity contribution is -0.118. The number of hydrogen-bond donors (Lipinski definition) is 1. The van der Waals surface area contributed by atoms with Crippen LogP contribution in [0.25, 0.3) is 0 Å². The number of fused-ring (bicyclic) bond motifs is 1. The van der Waals surface area contributed by atoms with Gasteiger partial charge < -0.3 is 15.0 Å². The summed E-state index contributed by atoms with van der Waals surface area (Å²) in [6, 6.07) is 26.4. The summed E-state index contributed by atoms with van der Waals surface area (Å²) in [6.45, 7) is 0.491. The van der Waals surface area contributed by atoms with Crippen molar-refractivity contribution in [3.05, 3.63) is 117 Å². The maximum absolute atomic E-state index is 13.4. The molecule has 7 heteroatoms. The Bertz CT molecular complexity index is 1340. The van der Waals surface area contributed by atoms with Crippen molar-refractivity contribution in [1.82, 2.24) is 4.90 Å². The minimum Gasteiger partial charge on any atom is -0.484 e. The van der Waals surface area contributed by atoms with Crippen LogP contribution in [-0.4, -0.2) is 29.9 Å². The van der Waals surface area contributed by atoms with E-state index >= 15 is 0 Å². The summed E-state index contributed by atoms with van der Waals surface area (Å²) in [5.41, 5.74) is 3.84. The molecule has 5 rings (SSSR count). The van der Waals surface area contributed by atoms with Crippen LogP contribution >= 0.6 is 22.9 Å². The highest BCUT2D eigenvalue weighted by atomic mass is 35.5. The highest BCUT2D eigenvalue weighted by Gasteiger charge is 2.33. The number of nitrogens with one attached hydrogen (secondary N) is 1. The topological polar surface area (TPSA) is 58.6 Å². The SMILES string of the molecule is O=C(COc1ccc2c(c1)C(c1ccccc1)N(C(=O)c1cccs1)CC2)Nc1cccc(Cl)c1. The predicted octanol–water partition coefficient (Wildman–Crippen LogP) is 6.21. The number of rotatable bonds is 6. The Hall–Kier alpha value is -3.61. The van der Waals surface area contributed by atoms with E-state index in [1.54, 1.807) is 24.3 Å². The van der Waals surface area contributed by atoms with E-state index in [1.165, 1.54) is 16.9 Å². The number of benzene rings is 3. The molecule has 0 saturated heterocycles. The van der Waals surface area contributed by atoms with Crippen LogP contribution in [0.2, 0.25) is 5.02 Å². The zero-order valence-electron chi connectivity index (χ0n) is 18.8. The Balaban J connectivity index is 1.39. The highest BCUT2D eigenvalue weighted by Crippen LogP contribution is 2.38. The second-order valence-electron chi connectivity index (χ2n) is 8.25. The standard InChI is InChI=1S/C28H23ClN2O3S/c29-21-8-4-9-22(16-21)30-26(32)18-34-23-12-11-19-13-14-31(28(33)25-10-5-15-35-25)27(24(19)17-23)20-6-2-1-3-7-20/h1-12,15-17,27H,13-14,18H2,(H,30,32). The third-order valence-corrected chi connectivity index (χ3v) is 7.03. The van der Waals surface area contributed by atoms with Gasteiger partial charge in [-0.25, -0.2) is 0 Å². The van der Waals surface area contributed by atoms with Gasteiger partial charge >= 0.3 is 0 Å². The number of anilines is 1. The second-order valence-corrected chi connectivity index (χ2v) is 9.63. The summed E-state index contributed by atoms with van der Waals surface area (Å²) < 4.78 is 5.84. The van der Waals surface area contributed by atoms with Crippen LogP contribution in [0.15, 0.2) is 90.3 Å². The molecule has 176 valence electrons. The van der Waals surface area contributed by atoms with Gasteiger partial charge in [-0.2, -0.15) is 0 Å². The van der Waals surface area contributed by atoms with Crippen LogP contribution in [0.5, 0.6) is 5.75 Å². The van der Waals surface area contributed by atoms with Crippen molar-refractivity contribution in [2.45, 2.75) is 12.5 Å². The molecule has 0 bridgehead atoms. The molecule has 0 radical (unpaired) electrons. The molecule has 1 aliphatic heterocycles. The second kappa shape index (κ2) is 10.3. The molecule has 0 fully saturated rings. The molecular formula is C28H23ClN2O3S. The lowest BCUT2D eigenvalue weighted by atomic mass is 9.88. The van der Waals surface area contributed by atoms with Gasteiger partial charge in [-0.05, 0) is 64.9 Å². The van der Waals surface area contributed by atoms with Gasteiger partial charge in [-0.15, -0.1) is 11.3 Å². The van der Waals surface area contributed by atoms with Crippen molar-refractivity contribution in [2.24, 2.45) is 0 Å². The maximum Gasteiger partial charge on any atom is 0.264 e. The fraction of sp³-hybridized carbons (Fsp3) is 0.143. The lowest BCUT2D eigenvalue weighted by Gasteiger charge is -2.37. The number of thiophene rings is 1. The largest absolute Gasteiger partial charge is 0.484 e. The summed E-state index contributed by atoms with van der Waals surface area (Å²) in [6.07, 6.45) is 0.755. The minimum absolute atomic E-state index is 0.0201. The number of amides is 2. The summed E-state index contributed by atoms with van der Waals surface area (Å²) in [5.74, 6) is 0.321. The molecule has 3 aromatic carbocycles. The van der Waals surface area contributed by atoms with Crippen molar-refractivity contribution in [1.29, 1.82) is 0 Å². The average molecular weight is 503 g/mol. The van der Waals surface area contributed by atoms with E-state index in [0.29, 0.717) is 23.0 Å². The summed E-state index contributed by atoms with van der Waals surface area (Å²) in [7, 11) is 0. The number of ether oxygens (including phenoxy) is 1. The van der Waals surface area contributed by atoms with Crippen LogP contribution in [0.3, 0.4) is 0 Å². The van der Waals surface area contributed by atoms with Crippen LogP contribution in [0.1, 0.15) is 32.4 Å². The molecule has 0 saturated carbocycles. The number of nitrogens with zero attached hydrogens (tertiary/aromatic N) is 1. The average Bonchev–Trinajstić information content (AvgIpc) is 3.42. The first-order valence-electron chi connectivity index (χ1n) is 11.3. The quantitative estimate of drug-likeness (QED) is 0.341. The van der Waals surface area contributed by atoms with Crippen LogP contribution < -0.4 is 10.1 Å². The first-order valence-corrected chi connectivity index (χ1v) is 12.5. The van der Waals surface area contributed by atoms with Crippen molar-refractivity contribution in [3.8, 4) is 5.75 Å². The summed E-state index contributed by atoms with van der Waals surface area (Å²) >= 11 is 7.44. The molecule has 1 atom stereocenters.